The number of nitrogens with zero attached hydrogens (tertiary/aromatic N) is 1. The zero-order valence-corrected chi connectivity index (χ0v) is 17.3. The zero-order valence-electron chi connectivity index (χ0n) is 17.3. The fraction of sp³-hybridized carbons (Fsp3) is 0.417. The molecular formula is C24H29NO4. The quantitative estimate of drug-likeness (QED) is 0.765. The molecule has 1 aliphatic rings. The molecule has 1 saturated carbocycles. The minimum atomic E-state index is -0.787. The minimum Gasteiger partial charge on any atom is -0.496 e. The molecule has 1 amide bonds. The normalized spacial score (nSPS) is 20.0. The average Bonchev–Trinajstić information content (AvgIpc) is 2.77. The number of amides is 1. The summed E-state index contributed by atoms with van der Waals surface area (Å²) in [4.78, 5) is 26.0. The summed E-state index contributed by atoms with van der Waals surface area (Å²) in [7, 11) is 3.47. The second-order valence-electron chi connectivity index (χ2n) is 7.85. The monoisotopic (exact) mass is 395 g/mol. The number of carbonyl (C=O) groups is 2. The molecule has 29 heavy (non-hydrogen) atoms. The van der Waals surface area contributed by atoms with Gasteiger partial charge in [0.05, 0.1) is 19.1 Å². The Morgan fingerprint density at radius 2 is 1.72 bits per heavy atom. The average molecular weight is 395 g/mol. The molecule has 1 N–H and O–H groups in total. The molecule has 0 heterocycles. The van der Waals surface area contributed by atoms with Crippen LogP contribution in [-0.4, -0.2) is 36.0 Å². The van der Waals surface area contributed by atoms with E-state index in [2.05, 4.69) is 0 Å². The largest absolute Gasteiger partial charge is 0.496 e. The van der Waals surface area contributed by atoms with Crippen molar-refractivity contribution in [3.63, 3.8) is 0 Å². The molecule has 0 bridgehead atoms. The number of methoxy groups -OCH3 is 1. The van der Waals surface area contributed by atoms with Gasteiger partial charge in [-0.2, -0.15) is 0 Å². The first-order valence-corrected chi connectivity index (χ1v) is 10.1. The maximum atomic E-state index is 13.0. The van der Waals surface area contributed by atoms with Gasteiger partial charge in [-0.05, 0) is 43.4 Å². The van der Waals surface area contributed by atoms with E-state index >= 15 is 0 Å². The Kier molecular flexibility index (Phi) is 6.57. The van der Waals surface area contributed by atoms with Crippen molar-refractivity contribution in [2.75, 3.05) is 14.2 Å². The van der Waals surface area contributed by atoms with Gasteiger partial charge in [-0.1, -0.05) is 48.9 Å². The number of carboxylic acids is 1. The van der Waals surface area contributed by atoms with Crippen LogP contribution in [0, 0.1) is 11.8 Å². The lowest BCUT2D eigenvalue weighted by atomic mass is 9.80. The molecule has 0 spiro atoms. The van der Waals surface area contributed by atoms with Gasteiger partial charge in [0.1, 0.15) is 5.75 Å². The Hall–Kier alpha value is -2.82. The molecular weight excluding hydrogens is 366 g/mol. The van der Waals surface area contributed by atoms with Gasteiger partial charge in [0.25, 0.3) is 0 Å². The van der Waals surface area contributed by atoms with Crippen LogP contribution in [-0.2, 0) is 9.59 Å². The number of hydrogen-bond acceptors (Lipinski definition) is 3. The van der Waals surface area contributed by atoms with Crippen molar-refractivity contribution in [2.24, 2.45) is 11.8 Å². The maximum Gasteiger partial charge on any atom is 0.306 e. The van der Waals surface area contributed by atoms with Crippen molar-refractivity contribution < 1.29 is 19.4 Å². The topological polar surface area (TPSA) is 66.8 Å². The molecule has 154 valence electrons. The molecule has 2 aromatic carbocycles. The molecule has 3 unspecified atom stereocenters. The Morgan fingerprint density at radius 3 is 2.38 bits per heavy atom. The first kappa shape index (κ1) is 20.9. The van der Waals surface area contributed by atoms with Gasteiger partial charge in [0, 0.05) is 18.5 Å². The lowest BCUT2D eigenvalue weighted by Gasteiger charge is -2.32. The van der Waals surface area contributed by atoms with E-state index in [9.17, 15) is 14.7 Å². The van der Waals surface area contributed by atoms with Gasteiger partial charge in [0.2, 0.25) is 5.91 Å². The van der Waals surface area contributed by atoms with Gasteiger partial charge in [0.15, 0.2) is 0 Å². The Bertz CT molecular complexity index is 861. The molecule has 0 aromatic heterocycles. The van der Waals surface area contributed by atoms with Gasteiger partial charge in [-0.25, -0.2) is 0 Å². The molecule has 0 radical (unpaired) electrons. The van der Waals surface area contributed by atoms with E-state index in [0.717, 1.165) is 35.3 Å². The van der Waals surface area contributed by atoms with Crippen LogP contribution in [0.2, 0.25) is 0 Å². The third kappa shape index (κ3) is 4.61. The van der Waals surface area contributed by atoms with Crippen LogP contribution >= 0.6 is 0 Å². The zero-order chi connectivity index (χ0) is 21.0. The van der Waals surface area contributed by atoms with Crippen LogP contribution in [0.25, 0.3) is 11.1 Å². The molecule has 0 saturated heterocycles. The molecule has 2 aromatic rings. The molecule has 5 heteroatoms. The predicted molar refractivity (Wildman–Crippen MR) is 113 cm³/mol. The number of ether oxygens (including phenoxy) is 1. The minimum absolute atomic E-state index is 0.0391. The van der Waals surface area contributed by atoms with E-state index in [1.165, 1.54) is 0 Å². The maximum absolute atomic E-state index is 13.0. The summed E-state index contributed by atoms with van der Waals surface area (Å²) < 4.78 is 5.45. The van der Waals surface area contributed by atoms with Crippen LogP contribution in [0.1, 0.15) is 44.2 Å². The van der Waals surface area contributed by atoms with Crippen molar-refractivity contribution in [1.29, 1.82) is 0 Å². The third-order valence-corrected chi connectivity index (χ3v) is 6.11. The second-order valence-corrected chi connectivity index (χ2v) is 7.85. The van der Waals surface area contributed by atoms with E-state index in [0.29, 0.717) is 12.8 Å². The smallest absolute Gasteiger partial charge is 0.306 e. The second kappa shape index (κ2) is 9.12. The fourth-order valence-electron chi connectivity index (χ4n) is 4.17. The Labute approximate surface area is 172 Å². The fourth-order valence-corrected chi connectivity index (χ4v) is 4.17. The van der Waals surface area contributed by atoms with Gasteiger partial charge in [-0.15, -0.1) is 0 Å². The summed E-state index contributed by atoms with van der Waals surface area (Å²) in [6, 6.07) is 16.0. The number of para-hydroxylation sites is 1. The number of benzene rings is 2. The summed E-state index contributed by atoms with van der Waals surface area (Å²) in [6.07, 6.45) is 2.68. The van der Waals surface area contributed by atoms with Crippen LogP contribution < -0.4 is 4.74 Å². The Morgan fingerprint density at radius 1 is 1.07 bits per heavy atom. The Balaban J connectivity index is 1.72. The van der Waals surface area contributed by atoms with Crippen LogP contribution in [0.15, 0.2) is 48.5 Å². The van der Waals surface area contributed by atoms with E-state index < -0.39 is 11.9 Å². The number of carboxylic acid groups (broad SMARTS) is 1. The number of carbonyl (C=O) groups excluding carboxylic acids is 1. The van der Waals surface area contributed by atoms with E-state index in [-0.39, 0.29) is 17.9 Å². The summed E-state index contributed by atoms with van der Waals surface area (Å²) in [5.74, 6) is -0.528. The van der Waals surface area contributed by atoms with Gasteiger partial charge in [-0.3, -0.25) is 9.59 Å². The van der Waals surface area contributed by atoms with Crippen molar-refractivity contribution in [1.82, 2.24) is 4.90 Å². The van der Waals surface area contributed by atoms with Crippen molar-refractivity contribution in [3.8, 4) is 16.9 Å². The summed E-state index contributed by atoms with van der Waals surface area (Å²) >= 11 is 0. The van der Waals surface area contributed by atoms with Gasteiger partial charge >= 0.3 is 5.97 Å². The molecule has 1 aliphatic carbocycles. The molecule has 0 aliphatic heterocycles. The highest BCUT2D eigenvalue weighted by Gasteiger charge is 2.33. The van der Waals surface area contributed by atoms with Crippen LogP contribution in [0.3, 0.4) is 0 Å². The number of aliphatic carboxylic acids is 1. The third-order valence-electron chi connectivity index (χ3n) is 6.11. The van der Waals surface area contributed by atoms with E-state index in [1.807, 2.05) is 62.5 Å². The first-order valence-electron chi connectivity index (χ1n) is 10.1. The van der Waals surface area contributed by atoms with E-state index in [4.69, 9.17) is 4.74 Å². The van der Waals surface area contributed by atoms with E-state index in [1.54, 1.807) is 12.0 Å². The van der Waals surface area contributed by atoms with Gasteiger partial charge < -0.3 is 14.7 Å². The SMILES string of the molecule is COc1ccccc1-c1ccc(C(C)N(C)C(=O)C2CCCC(C(=O)O)C2)cc1. The highest BCUT2D eigenvalue weighted by molar-refractivity contribution is 5.80. The summed E-state index contributed by atoms with van der Waals surface area (Å²) in [5, 5.41) is 9.29. The first-order chi connectivity index (χ1) is 13.9. The standard InChI is InChI=1S/C24H29NO4/c1-16(25(2)23(26)19-7-6-8-20(15-19)24(27)28)17-11-13-18(14-12-17)21-9-4-5-10-22(21)29-3/h4-5,9-14,16,19-20H,6-8,15H2,1-3H3,(H,27,28). The highest BCUT2D eigenvalue weighted by atomic mass is 16.5. The number of hydrogen-bond donors (Lipinski definition) is 1. The van der Waals surface area contributed by atoms with Crippen molar-refractivity contribution >= 4 is 11.9 Å². The van der Waals surface area contributed by atoms with Crippen molar-refractivity contribution in [2.45, 2.75) is 38.6 Å². The lowest BCUT2D eigenvalue weighted by Crippen LogP contribution is -2.38. The van der Waals surface area contributed by atoms with Crippen molar-refractivity contribution in [3.05, 3.63) is 54.1 Å². The lowest BCUT2D eigenvalue weighted by molar-refractivity contribution is -0.145. The molecule has 3 rings (SSSR count). The van der Waals surface area contributed by atoms with Crippen LogP contribution in [0.4, 0.5) is 0 Å². The summed E-state index contributed by atoms with van der Waals surface area (Å²) in [6.45, 7) is 2.01. The molecule has 5 nitrogen and oxygen atoms in total. The number of rotatable bonds is 6. The van der Waals surface area contributed by atoms with Crippen LogP contribution in [0.5, 0.6) is 5.75 Å². The summed E-state index contributed by atoms with van der Waals surface area (Å²) in [5.41, 5.74) is 3.13. The predicted octanol–water partition coefficient (Wildman–Crippen LogP) is 4.77. The highest BCUT2D eigenvalue weighted by Crippen LogP contribution is 2.34. The molecule has 3 atom stereocenters. The molecule has 1 fully saturated rings.